The predicted octanol–water partition coefficient (Wildman–Crippen LogP) is 2.54. The molecule has 0 unspecified atom stereocenters. The van der Waals surface area contributed by atoms with Crippen molar-refractivity contribution in [3.8, 4) is 0 Å². The molecule has 0 aromatic heterocycles. The summed E-state index contributed by atoms with van der Waals surface area (Å²) < 4.78 is 11.9. The van der Waals surface area contributed by atoms with Gasteiger partial charge in [0.05, 0.1) is 11.2 Å². The maximum atomic E-state index is 7.53. The Hall–Kier alpha value is -0.805. The van der Waals surface area contributed by atoms with Crippen molar-refractivity contribution < 1.29 is 9.31 Å². The van der Waals surface area contributed by atoms with Gasteiger partial charge < -0.3 is 20.0 Å². The molecule has 1 saturated heterocycles. The van der Waals surface area contributed by atoms with Gasteiger partial charge in [-0.05, 0) is 52.7 Å². The van der Waals surface area contributed by atoms with E-state index in [-0.39, 0.29) is 11.2 Å². The van der Waals surface area contributed by atoms with Crippen LogP contribution < -0.4 is 5.32 Å². The zero-order chi connectivity index (χ0) is 14.1. The quantitative estimate of drug-likeness (QED) is 0.592. The molecule has 2 rings (SSSR count). The molecule has 0 bridgehead atoms. The Bertz CT molecular complexity index is 360. The normalized spacial score (nSPS) is 26.1. The zero-order valence-electron chi connectivity index (χ0n) is 12.5. The van der Waals surface area contributed by atoms with E-state index >= 15 is 0 Å². The van der Waals surface area contributed by atoms with Crippen molar-refractivity contribution in [2.45, 2.75) is 58.2 Å². The van der Waals surface area contributed by atoms with E-state index in [1.165, 1.54) is 25.5 Å². The lowest BCUT2D eigenvalue weighted by atomic mass is 9.79. The highest BCUT2D eigenvalue weighted by molar-refractivity contribution is 6.60. The van der Waals surface area contributed by atoms with Crippen LogP contribution in [0, 0.1) is 11.3 Å². The van der Waals surface area contributed by atoms with Gasteiger partial charge in [0, 0.05) is 18.2 Å². The smallest absolute Gasteiger partial charge is 0.399 e. The van der Waals surface area contributed by atoms with Gasteiger partial charge in [0.25, 0.3) is 0 Å². The fraction of sp³-hybridized carbons (Fsp3) is 0.786. The first-order chi connectivity index (χ1) is 8.86. The lowest BCUT2D eigenvalue weighted by Gasteiger charge is -2.32. The molecule has 1 aliphatic carbocycles. The number of hydrogen-bond donors (Lipinski definition) is 2. The topological polar surface area (TPSA) is 54.3 Å². The third-order valence-corrected chi connectivity index (χ3v) is 4.59. The van der Waals surface area contributed by atoms with Gasteiger partial charge in [-0.25, -0.2) is 0 Å². The van der Waals surface area contributed by atoms with Crippen molar-refractivity contribution in [1.29, 1.82) is 5.41 Å². The summed E-state index contributed by atoms with van der Waals surface area (Å²) in [6.45, 7) is 9.08. The zero-order valence-corrected chi connectivity index (χ0v) is 12.5. The van der Waals surface area contributed by atoms with Crippen LogP contribution in [-0.2, 0) is 9.31 Å². The first kappa shape index (κ1) is 14.6. The Balaban J connectivity index is 1.94. The van der Waals surface area contributed by atoms with Crippen molar-refractivity contribution in [2.24, 2.45) is 5.92 Å². The molecular weight excluding hydrogens is 239 g/mol. The summed E-state index contributed by atoms with van der Waals surface area (Å²) in [6, 6.07) is 0. The molecule has 0 radical (unpaired) electrons. The third kappa shape index (κ3) is 3.03. The fourth-order valence-electron chi connectivity index (χ4n) is 2.20. The highest BCUT2D eigenvalue weighted by atomic mass is 16.7. The Labute approximate surface area is 116 Å². The minimum Gasteiger partial charge on any atom is -0.399 e. The molecule has 4 nitrogen and oxygen atoms in total. The van der Waals surface area contributed by atoms with Gasteiger partial charge >= 0.3 is 7.12 Å². The molecule has 0 atom stereocenters. The Morgan fingerprint density at radius 2 is 1.84 bits per heavy atom. The molecule has 0 aromatic carbocycles. The third-order valence-electron chi connectivity index (χ3n) is 4.59. The molecule has 5 heteroatoms. The first-order valence-electron chi connectivity index (χ1n) is 7.15. The van der Waals surface area contributed by atoms with Crippen molar-refractivity contribution in [3.63, 3.8) is 0 Å². The Morgan fingerprint density at radius 3 is 2.26 bits per heavy atom. The van der Waals surface area contributed by atoms with E-state index in [0.717, 1.165) is 17.9 Å². The number of hydrogen-bond acceptors (Lipinski definition) is 4. The van der Waals surface area contributed by atoms with Gasteiger partial charge in [-0.2, -0.15) is 0 Å². The van der Waals surface area contributed by atoms with Crippen LogP contribution >= 0.6 is 0 Å². The van der Waals surface area contributed by atoms with Crippen LogP contribution in [-0.4, -0.2) is 31.1 Å². The van der Waals surface area contributed by atoms with E-state index in [0.29, 0.717) is 0 Å². The monoisotopic (exact) mass is 264 g/mol. The van der Waals surface area contributed by atoms with Gasteiger partial charge in [-0.15, -0.1) is 0 Å². The maximum Gasteiger partial charge on any atom is 0.497 e. The number of nitrogens with one attached hydrogen (secondary N) is 2. The second-order valence-electron chi connectivity index (χ2n) is 6.58. The van der Waals surface area contributed by atoms with Gasteiger partial charge in [-0.1, -0.05) is 6.42 Å². The van der Waals surface area contributed by atoms with Crippen LogP contribution in [0.4, 0.5) is 0 Å². The molecule has 19 heavy (non-hydrogen) atoms. The molecular formula is C14H25BN2O2. The van der Waals surface area contributed by atoms with E-state index < -0.39 is 7.12 Å². The highest BCUT2D eigenvalue weighted by Crippen LogP contribution is 2.38. The summed E-state index contributed by atoms with van der Waals surface area (Å²) >= 11 is 0. The molecule has 2 aliphatic rings. The van der Waals surface area contributed by atoms with E-state index in [4.69, 9.17) is 14.7 Å². The van der Waals surface area contributed by atoms with Crippen molar-refractivity contribution >= 4 is 13.3 Å². The van der Waals surface area contributed by atoms with E-state index in [1.807, 2.05) is 33.9 Å². The van der Waals surface area contributed by atoms with Gasteiger partial charge in [0.2, 0.25) is 0 Å². The predicted molar refractivity (Wildman–Crippen MR) is 78.3 cm³/mol. The molecule has 1 aliphatic heterocycles. The average molecular weight is 264 g/mol. The van der Waals surface area contributed by atoms with Gasteiger partial charge in [0.15, 0.2) is 0 Å². The van der Waals surface area contributed by atoms with Crippen LogP contribution in [0.3, 0.4) is 0 Å². The van der Waals surface area contributed by atoms with Crippen LogP contribution in [0.2, 0.25) is 0 Å². The van der Waals surface area contributed by atoms with Crippen LogP contribution in [0.15, 0.2) is 11.7 Å². The molecule has 0 amide bonds. The minimum atomic E-state index is -0.448. The molecule has 0 spiro atoms. The molecule has 2 fully saturated rings. The molecule has 2 N–H and O–H groups in total. The van der Waals surface area contributed by atoms with Crippen LogP contribution in [0.5, 0.6) is 0 Å². The van der Waals surface area contributed by atoms with Crippen LogP contribution in [0.1, 0.15) is 47.0 Å². The molecule has 0 aromatic rings. The van der Waals surface area contributed by atoms with Crippen LogP contribution in [0.25, 0.3) is 0 Å². The van der Waals surface area contributed by atoms with Crippen molar-refractivity contribution in [2.75, 3.05) is 6.54 Å². The molecule has 106 valence electrons. The highest BCUT2D eigenvalue weighted by Gasteiger charge is 2.52. The maximum absolute atomic E-state index is 7.53. The van der Waals surface area contributed by atoms with Crippen molar-refractivity contribution in [3.05, 3.63) is 11.7 Å². The summed E-state index contributed by atoms with van der Waals surface area (Å²) in [5.41, 5.74) is 0.0413. The number of rotatable bonds is 5. The summed E-state index contributed by atoms with van der Waals surface area (Å²) in [4.78, 5) is 0. The Morgan fingerprint density at radius 1 is 1.26 bits per heavy atom. The van der Waals surface area contributed by atoms with Gasteiger partial charge in [0.1, 0.15) is 0 Å². The molecule has 1 saturated carbocycles. The SMILES string of the molecule is CC1(C)OB(/C(C=N)=C/NCC2CCC2)OC1(C)C. The first-order valence-corrected chi connectivity index (χ1v) is 7.15. The number of allylic oxidation sites excluding steroid dienone is 1. The van der Waals surface area contributed by atoms with E-state index in [9.17, 15) is 0 Å². The minimum absolute atomic E-state index is 0.353. The van der Waals surface area contributed by atoms with E-state index in [1.54, 1.807) is 0 Å². The fourth-order valence-corrected chi connectivity index (χ4v) is 2.20. The summed E-state index contributed by atoms with van der Waals surface area (Å²) in [5, 5.41) is 10.8. The van der Waals surface area contributed by atoms with Crippen molar-refractivity contribution in [1.82, 2.24) is 5.32 Å². The second-order valence-corrected chi connectivity index (χ2v) is 6.58. The lowest BCUT2D eigenvalue weighted by molar-refractivity contribution is 0.00578. The standard InChI is InChI=1S/C14H25BN2O2/c1-13(2)14(3,4)19-15(18-13)12(8-16)10-17-9-11-6-5-7-11/h8,10-11,16-17H,5-7,9H2,1-4H3/b12-10+,16-8?. The summed E-state index contributed by atoms with van der Waals surface area (Å²) in [5.74, 6) is 0.793. The lowest BCUT2D eigenvalue weighted by Crippen LogP contribution is -2.41. The molecule has 1 heterocycles. The van der Waals surface area contributed by atoms with E-state index in [2.05, 4.69) is 5.32 Å². The largest absolute Gasteiger partial charge is 0.497 e. The summed E-state index contributed by atoms with van der Waals surface area (Å²) in [6.07, 6.45) is 7.17. The summed E-state index contributed by atoms with van der Waals surface area (Å²) in [7, 11) is -0.448. The Kier molecular flexibility index (Phi) is 4.07. The average Bonchev–Trinajstić information content (AvgIpc) is 2.45. The second kappa shape index (κ2) is 5.29. The van der Waals surface area contributed by atoms with Gasteiger partial charge in [-0.3, -0.25) is 0 Å².